The van der Waals surface area contributed by atoms with E-state index >= 15 is 0 Å². The van der Waals surface area contributed by atoms with E-state index in [1.807, 2.05) is 71.3 Å². The van der Waals surface area contributed by atoms with Crippen molar-refractivity contribution in [2.75, 3.05) is 99.8 Å². The molecule has 1 fully saturated rings. The lowest BCUT2D eigenvalue weighted by Crippen LogP contribution is -2.42. The first kappa shape index (κ1) is 60.3. The number of methoxy groups -OCH3 is 3. The van der Waals surface area contributed by atoms with Gasteiger partial charge in [-0.25, -0.2) is 0 Å². The fourth-order valence-electron chi connectivity index (χ4n) is 11.3. The Bertz CT molecular complexity index is 3010. The van der Waals surface area contributed by atoms with Crippen LogP contribution >= 0.6 is 21.6 Å². The maximum atomic E-state index is 14.5. The summed E-state index contributed by atoms with van der Waals surface area (Å²) in [4.78, 5) is 52.5. The van der Waals surface area contributed by atoms with Crippen LogP contribution in [0.15, 0.2) is 120 Å². The van der Waals surface area contributed by atoms with Crippen LogP contribution in [0.25, 0.3) is 0 Å². The molecule has 4 aromatic carbocycles. The smallest absolute Gasteiger partial charge is 0.260 e. The van der Waals surface area contributed by atoms with Gasteiger partial charge in [-0.15, -0.1) is 0 Å². The van der Waals surface area contributed by atoms with Gasteiger partial charge in [0.15, 0.2) is 11.5 Å². The van der Waals surface area contributed by atoms with Crippen LogP contribution in [0, 0.1) is 0 Å². The average molecular weight is 1160 g/mol. The number of allylic oxidation sites excluding steroid dienone is 1. The molecule has 1 saturated carbocycles. The third-order valence-corrected chi connectivity index (χ3v) is 18.9. The van der Waals surface area contributed by atoms with Crippen molar-refractivity contribution in [2.24, 2.45) is 4.99 Å². The molecule has 2 atom stereocenters. The van der Waals surface area contributed by atoms with Crippen molar-refractivity contribution >= 4 is 68.3 Å². The summed E-state index contributed by atoms with van der Waals surface area (Å²) in [5.41, 5.74) is 7.87. The maximum Gasteiger partial charge on any atom is 0.260 e. The second-order valence-corrected chi connectivity index (χ2v) is 25.2. The summed E-state index contributed by atoms with van der Waals surface area (Å²) in [7, 11) is 8.49. The van der Waals surface area contributed by atoms with Crippen LogP contribution in [0.4, 0.5) is 22.7 Å². The summed E-state index contributed by atoms with van der Waals surface area (Å²) in [5, 5.41) is 6.42. The number of aliphatic imine (C=N–C) groups is 1. The van der Waals surface area contributed by atoms with Crippen LogP contribution in [-0.4, -0.2) is 126 Å². The largest absolute Gasteiger partial charge is 0.493 e. The number of amides is 3. The van der Waals surface area contributed by atoms with Crippen molar-refractivity contribution in [1.29, 1.82) is 0 Å². The fraction of sp³-hybridized carbons (Fsp3) is 0.469. The predicted molar refractivity (Wildman–Crippen MR) is 329 cm³/mol. The van der Waals surface area contributed by atoms with Crippen LogP contribution < -0.4 is 34.8 Å². The standard InChI is InChI=1S/C64H80N6O10S2/c1-8-65-53-37-58(57(75-6)36-51(53)61(72)69-24-23-46-16-9-13-20-55(46)69)79-41-44-32-45(42-80-59-38-54-52(39-64(59,4)76-7)62(73)70-50(40-66-54)35-47-17-10-14-21-56(47)70)34-49(33-44)68(25-26-77-29-30-78-28-27-74-5)43-63(2,3)82-81-31-15-22-60(71)67-48-18-11-12-19-48/h8-10,13-14,16-17,20-21,32-34,36-38,40,48,50,65H,1,11-12,15,18-19,22-31,35,39,41-43H2,2-7H3,(H,67,71)/t50-,64?/m0/s1. The molecule has 82 heavy (non-hydrogen) atoms. The number of carbonyl (C=O) groups is 3. The molecule has 5 aliphatic rings. The van der Waals surface area contributed by atoms with Crippen LogP contribution in [0.5, 0.6) is 11.5 Å². The summed E-state index contributed by atoms with van der Waals surface area (Å²) in [5.74, 6) is 2.16. The highest BCUT2D eigenvalue weighted by atomic mass is 33.1. The van der Waals surface area contributed by atoms with E-state index in [4.69, 9.17) is 38.2 Å². The number of para-hydroxylation sites is 2. The summed E-state index contributed by atoms with van der Waals surface area (Å²) < 4.78 is 42.6. The van der Waals surface area contributed by atoms with Crippen molar-refractivity contribution < 1.29 is 47.5 Å². The van der Waals surface area contributed by atoms with Gasteiger partial charge in [-0.05, 0) is 111 Å². The number of nitrogens with zero attached hydrogens (tertiary/aromatic N) is 4. The van der Waals surface area contributed by atoms with Crippen LogP contribution in [0.2, 0.25) is 0 Å². The number of anilines is 4. The summed E-state index contributed by atoms with van der Waals surface area (Å²) >= 11 is 0. The molecule has 0 bridgehead atoms. The summed E-state index contributed by atoms with van der Waals surface area (Å²) in [6.45, 7) is 14.8. The monoisotopic (exact) mass is 1160 g/mol. The molecule has 3 heterocycles. The third kappa shape index (κ3) is 14.9. The van der Waals surface area contributed by atoms with Gasteiger partial charge in [0, 0.05) is 111 Å². The van der Waals surface area contributed by atoms with Gasteiger partial charge in [-0.1, -0.05) is 77.4 Å². The number of hydrogen-bond donors (Lipinski definition) is 2. The minimum atomic E-state index is -0.971. The molecule has 9 rings (SSSR count). The molecule has 4 aromatic rings. The highest BCUT2D eigenvalue weighted by Gasteiger charge is 2.44. The number of benzene rings is 4. The highest BCUT2D eigenvalue weighted by molar-refractivity contribution is 8.77. The maximum absolute atomic E-state index is 14.5. The van der Waals surface area contributed by atoms with Crippen molar-refractivity contribution in [1.82, 2.24) is 5.32 Å². The lowest BCUT2D eigenvalue weighted by Gasteiger charge is -2.35. The Morgan fingerprint density at radius 2 is 1.61 bits per heavy atom. The number of nitrogens with one attached hydrogen (secondary N) is 2. The molecule has 438 valence electrons. The molecule has 3 amide bonds. The van der Waals surface area contributed by atoms with Gasteiger partial charge in [0.05, 0.1) is 63.1 Å². The Balaban J connectivity index is 0.992. The molecule has 0 spiro atoms. The third-order valence-electron chi connectivity index (χ3n) is 15.6. The van der Waals surface area contributed by atoms with E-state index in [0.29, 0.717) is 111 Å². The Labute approximate surface area is 491 Å². The minimum absolute atomic E-state index is 0.0786. The molecule has 2 N–H and O–H groups in total. The molecular formula is C64H80N6O10S2. The number of ether oxygens (including phenoxy) is 7. The van der Waals surface area contributed by atoms with E-state index in [9.17, 15) is 14.4 Å². The zero-order valence-electron chi connectivity index (χ0n) is 48.4. The Hall–Kier alpha value is -6.28. The predicted octanol–water partition coefficient (Wildman–Crippen LogP) is 11.0. The van der Waals surface area contributed by atoms with Gasteiger partial charge in [0.1, 0.15) is 24.6 Å². The van der Waals surface area contributed by atoms with Crippen molar-refractivity contribution in [3.05, 3.63) is 143 Å². The van der Waals surface area contributed by atoms with E-state index in [1.165, 1.54) is 12.8 Å². The average Bonchev–Trinajstić information content (AvgIpc) is 3.35. The number of rotatable bonds is 30. The molecule has 0 saturated heterocycles. The van der Waals surface area contributed by atoms with Gasteiger partial charge >= 0.3 is 0 Å². The first-order valence-electron chi connectivity index (χ1n) is 28.6. The SMILES string of the molecule is C=CNc1cc(OCc2cc(COC3=CC4=C(CC3(C)OC)C(=O)N3c5ccccc5C[C@H]3C=N4)cc(N(CCOCCOCCOC)CC(C)(C)SSCCCC(=O)NC3CCCC3)c2)c(OC)cc1C(=O)N1CCc2ccccc21. The molecule has 0 aromatic heterocycles. The lowest BCUT2D eigenvalue weighted by atomic mass is 9.87. The van der Waals surface area contributed by atoms with Gasteiger partial charge in [0.25, 0.3) is 11.8 Å². The van der Waals surface area contributed by atoms with Crippen molar-refractivity contribution in [3.63, 3.8) is 0 Å². The fourth-order valence-corrected chi connectivity index (χ4v) is 13.9. The second kappa shape index (κ2) is 28.3. The molecule has 0 radical (unpaired) electrons. The van der Waals surface area contributed by atoms with Gasteiger partial charge in [-0.2, -0.15) is 0 Å². The van der Waals surface area contributed by atoms with E-state index in [-0.39, 0.29) is 48.1 Å². The van der Waals surface area contributed by atoms with E-state index < -0.39 is 5.60 Å². The summed E-state index contributed by atoms with van der Waals surface area (Å²) in [6, 6.07) is 26.0. The normalized spacial score (nSPS) is 18.3. The van der Waals surface area contributed by atoms with Crippen LogP contribution in [0.1, 0.15) is 98.3 Å². The molecule has 18 heteroatoms. The van der Waals surface area contributed by atoms with E-state index in [2.05, 4.69) is 66.3 Å². The Kier molecular flexibility index (Phi) is 20.8. The first-order valence-corrected chi connectivity index (χ1v) is 31.0. The van der Waals surface area contributed by atoms with Gasteiger partial charge in [0.2, 0.25) is 5.91 Å². The molecule has 16 nitrogen and oxygen atoms in total. The zero-order valence-corrected chi connectivity index (χ0v) is 50.1. The van der Waals surface area contributed by atoms with Crippen LogP contribution in [0.3, 0.4) is 0 Å². The minimum Gasteiger partial charge on any atom is -0.493 e. The molecule has 1 unspecified atom stereocenters. The lowest BCUT2D eigenvalue weighted by molar-refractivity contribution is -0.121. The molecule has 3 aliphatic heterocycles. The topological polar surface area (TPSA) is 162 Å². The van der Waals surface area contributed by atoms with E-state index in [1.54, 1.807) is 55.4 Å². The van der Waals surface area contributed by atoms with Gasteiger partial charge in [-0.3, -0.25) is 24.3 Å². The van der Waals surface area contributed by atoms with Gasteiger partial charge < -0.3 is 53.6 Å². The number of carbonyl (C=O) groups excluding carboxylic acids is 3. The van der Waals surface area contributed by atoms with Crippen LogP contribution in [-0.2, 0) is 59.3 Å². The van der Waals surface area contributed by atoms with E-state index in [0.717, 1.165) is 70.8 Å². The summed E-state index contributed by atoms with van der Waals surface area (Å²) in [6.07, 6.45) is 12.9. The molecular weight excluding hydrogens is 1080 g/mol. The highest BCUT2D eigenvalue weighted by Crippen LogP contribution is 2.43. The zero-order chi connectivity index (χ0) is 57.6. The second-order valence-electron chi connectivity index (χ2n) is 22.1. The molecule has 2 aliphatic carbocycles. The van der Waals surface area contributed by atoms with Crippen molar-refractivity contribution in [3.8, 4) is 11.5 Å². The Morgan fingerprint density at radius 1 is 0.890 bits per heavy atom. The van der Waals surface area contributed by atoms with Crippen molar-refractivity contribution in [2.45, 2.75) is 114 Å². The first-order chi connectivity index (χ1) is 39.8. The Morgan fingerprint density at radius 3 is 2.35 bits per heavy atom. The quantitative estimate of drug-likeness (QED) is 0.0375. The number of fused-ring (bicyclic) bond motifs is 4. The number of hydrogen-bond acceptors (Lipinski definition) is 15.